The van der Waals surface area contributed by atoms with E-state index in [9.17, 15) is 4.79 Å². The maximum absolute atomic E-state index is 12.6. The SMILES string of the molecule is O=C(CC1CCCC1)N1CCN(c2ncccc2-c2nnc(C3CC3)o2)CC1. The van der Waals surface area contributed by atoms with Crippen molar-refractivity contribution in [2.75, 3.05) is 31.1 Å². The molecular weight excluding hydrogens is 354 g/mol. The molecule has 2 aromatic rings. The summed E-state index contributed by atoms with van der Waals surface area (Å²) < 4.78 is 5.91. The summed E-state index contributed by atoms with van der Waals surface area (Å²) in [5.41, 5.74) is 0.882. The van der Waals surface area contributed by atoms with Gasteiger partial charge in [-0.2, -0.15) is 0 Å². The molecule has 0 bridgehead atoms. The molecule has 7 nitrogen and oxygen atoms in total. The van der Waals surface area contributed by atoms with Gasteiger partial charge in [-0.1, -0.05) is 12.8 Å². The summed E-state index contributed by atoms with van der Waals surface area (Å²) in [5, 5.41) is 8.46. The van der Waals surface area contributed by atoms with Crippen LogP contribution in [0.15, 0.2) is 22.7 Å². The van der Waals surface area contributed by atoms with Gasteiger partial charge in [-0.25, -0.2) is 4.98 Å². The van der Waals surface area contributed by atoms with Gasteiger partial charge in [-0.3, -0.25) is 4.79 Å². The van der Waals surface area contributed by atoms with Crippen molar-refractivity contribution >= 4 is 11.7 Å². The first-order valence-corrected chi connectivity index (χ1v) is 10.6. The minimum absolute atomic E-state index is 0.318. The van der Waals surface area contributed by atoms with Gasteiger partial charge in [-0.15, -0.1) is 10.2 Å². The van der Waals surface area contributed by atoms with E-state index in [0.717, 1.165) is 62.7 Å². The number of hydrogen-bond acceptors (Lipinski definition) is 6. The molecule has 7 heteroatoms. The second-order valence-electron chi connectivity index (χ2n) is 8.32. The number of piperazine rings is 1. The van der Waals surface area contributed by atoms with E-state index in [2.05, 4.69) is 20.1 Å². The van der Waals surface area contributed by atoms with Crippen LogP contribution >= 0.6 is 0 Å². The van der Waals surface area contributed by atoms with Crippen molar-refractivity contribution in [1.29, 1.82) is 0 Å². The molecule has 0 unspecified atom stereocenters. The first kappa shape index (κ1) is 17.6. The molecule has 0 atom stereocenters. The maximum Gasteiger partial charge on any atom is 0.251 e. The van der Waals surface area contributed by atoms with Gasteiger partial charge in [0.05, 0.1) is 5.56 Å². The van der Waals surface area contributed by atoms with Gasteiger partial charge in [0.15, 0.2) is 0 Å². The number of pyridine rings is 1. The van der Waals surface area contributed by atoms with Crippen LogP contribution in [0.5, 0.6) is 0 Å². The van der Waals surface area contributed by atoms with E-state index in [1.54, 1.807) is 6.20 Å². The van der Waals surface area contributed by atoms with Gasteiger partial charge in [0.25, 0.3) is 5.89 Å². The molecule has 0 spiro atoms. The topological polar surface area (TPSA) is 75.4 Å². The van der Waals surface area contributed by atoms with Gasteiger partial charge in [0.2, 0.25) is 11.8 Å². The number of carbonyl (C=O) groups excluding carboxylic acids is 1. The van der Waals surface area contributed by atoms with Crippen molar-refractivity contribution < 1.29 is 9.21 Å². The van der Waals surface area contributed by atoms with E-state index in [-0.39, 0.29) is 0 Å². The van der Waals surface area contributed by atoms with Crippen molar-refractivity contribution in [2.24, 2.45) is 5.92 Å². The largest absolute Gasteiger partial charge is 0.420 e. The Balaban J connectivity index is 1.25. The summed E-state index contributed by atoms with van der Waals surface area (Å²) in [5.74, 6) is 3.52. The molecule has 28 heavy (non-hydrogen) atoms. The number of rotatable bonds is 5. The average molecular weight is 381 g/mol. The molecule has 148 valence electrons. The Hall–Kier alpha value is -2.44. The lowest BCUT2D eigenvalue weighted by Crippen LogP contribution is -2.49. The van der Waals surface area contributed by atoms with Crippen LogP contribution in [0.3, 0.4) is 0 Å². The lowest BCUT2D eigenvalue weighted by molar-refractivity contribution is -0.132. The molecule has 3 aliphatic rings. The van der Waals surface area contributed by atoms with E-state index in [4.69, 9.17) is 4.42 Å². The Morgan fingerprint density at radius 3 is 2.61 bits per heavy atom. The molecule has 0 aromatic carbocycles. The second-order valence-corrected chi connectivity index (χ2v) is 8.32. The number of aromatic nitrogens is 3. The number of hydrogen-bond donors (Lipinski definition) is 0. The fraction of sp³-hybridized carbons (Fsp3) is 0.619. The standard InChI is InChI=1S/C21H27N5O2/c27-18(14-15-4-1-2-5-15)25-10-12-26(13-11-25)19-17(6-3-9-22-19)21-24-23-20(28-21)16-7-8-16/h3,6,9,15-16H,1-2,4-5,7-8,10-14H2. The predicted molar refractivity (Wildman–Crippen MR) is 105 cm³/mol. The summed E-state index contributed by atoms with van der Waals surface area (Å²) in [7, 11) is 0. The smallest absolute Gasteiger partial charge is 0.251 e. The average Bonchev–Trinajstić information content (AvgIpc) is 3.24. The number of amides is 1. The van der Waals surface area contributed by atoms with E-state index in [1.165, 1.54) is 25.7 Å². The molecule has 2 aromatic heterocycles. The lowest BCUT2D eigenvalue weighted by Gasteiger charge is -2.36. The van der Waals surface area contributed by atoms with Crippen molar-refractivity contribution in [2.45, 2.75) is 50.9 Å². The van der Waals surface area contributed by atoms with Crippen LogP contribution in [0, 0.1) is 5.92 Å². The normalized spacial score (nSPS) is 20.7. The zero-order valence-corrected chi connectivity index (χ0v) is 16.2. The first-order valence-electron chi connectivity index (χ1n) is 10.6. The Bertz CT molecular complexity index is 833. The molecule has 1 amide bonds. The molecular formula is C21H27N5O2. The number of carbonyl (C=O) groups is 1. The van der Waals surface area contributed by atoms with Gasteiger partial charge >= 0.3 is 0 Å². The molecule has 2 saturated carbocycles. The monoisotopic (exact) mass is 381 g/mol. The summed E-state index contributed by atoms with van der Waals surface area (Å²) in [4.78, 5) is 21.5. The number of nitrogens with zero attached hydrogens (tertiary/aromatic N) is 5. The van der Waals surface area contributed by atoms with Crippen molar-refractivity contribution in [1.82, 2.24) is 20.1 Å². The Labute approximate surface area is 165 Å². The van der Waals surface area contributed by atoms with Crippen molar-refractivity contribution in [3.63, 3.8) is 0 Å². The predicted octanol–water partition coefficient (Wildman–Crippen LogP) is 3.24. The molecule has 1 saturated heterocycles. The quantitative estimate of drug-likeness (QED) is 0.791. The minimum Gasteiger partial charge on any atom is -0.420 e. The third-order valence-electron chi connectivity index (χ3n) is 6.25. The van der Waals surface area contributed by atoms with Crippen molar-refractivity contribution in [3.8, 4) is 11.5 Å². The molecule has 3 heterocycles. The third kappa shape index (κ3) is 3.62. The highest BCUT2D eigenvalue weighted by Crippen LogP contribution is 2.40. The summed E-state index contributed by atoms with van der Waals surface area (Å²) in [6.45, 7) is 3.06. The van der Waals surface area contributed by atoms with E-state index >= 15 is 0 Å². The fourth-order valence-corrected chi connectivity index (χ4v) is 4.41. The summed E-state index contributed by atoms with van der Waals surface area (Å²) in [6.07, 6.45) is 9.80. The Morgan fingerprint density at radius 2 is 1.86 bits per heavy atom. The van der Waals surface area contributed by atoms with Crippen LogP contribution < -0.4 is 4.90 Å². The van der Waals surface area contributed by atoms with E-state index in [1.807, 2.05) is 17.0 Å². The lowest BCUT2D eigenvalue weighted by atomic mass is 10.0. The van der Waals surface area contributed by atoms with Crippen LogP contribution in [-0.2, 0) is 4.79 Å². The third-order valence-corrected chi connectivity index (χ3v) is 6.25. The molecule has 0 radical (unpaired) electrons. The molecule has 2 aliphatic carbocycles. The number of anilines is 1. The van der Waals surface area contributed by atoms with E-state index in [0.29, 0.717) is 23.6 Å². The first-order chi connectivity index (χ1) is 13.8. The maximum atomic E-state index is 12.6. The van der Waals surface area contributed by atoms with Gasteiger partial charge < -0.3 is 14.2 Å². The molecule has 3 fully saturated rings. The highest BCUT2D eigenvalue weighted by Gasteiger charge is 2.31. The van der Waals surface area contributed by atoms with Gasteiger partial charge in [0, 0.05) is 44.7 Å². The minimum atomic E-state index is 0.318. The van der Waals surface area contributed by atoms with Gasteiger partial charge in [0.1, 0.15) is 5.82 Å². The fourth-order valence-electron chi connectivity index (χ4n) is 4.41. The zero-order valence-electron chi connectivity index (χ0n) is 16.2. The Morgan fingerprint density at radius 1 is 1.07 bits per heavy atom. The Kier molecular flexibility index (Phi) is 4.74. The van der Waals surface area contributed by atoms with Crippen LogP contribution in [0.4, 0.5) is 5.82 Å². The van der Waals surface area contributed by atoms with Crippen molar-refractivity contribution in [3.05, 3.63) is 24.2 Å². The van der Waals surface area contributed by atoms with E-state index < -0.39 is 0 Å². The molecule has 5 rings (SSSR count). The summed E-state index contributed by atoms with van der Waals surface area (Å²) in [6, 6.07) is 3.89. The molecule has 1 aliphatic heterocycles. The van der Waals surface area contributed by atoms with Crippen LogP contribution in [0.1, 0.15) is 56.8 Å². The van der Waals surface area contributed by atoms with Gasteiger partial charge in [-0.05, 0) is 43.7 Å². The van der Waals surface area contributed by atoms with Crippen LogP contribution in [-0.4, -0.2) is 52.2 Å². The van der Waals surface area contributed by atoms with Crippen LogP contribution in [0.25, 0.3) is 11.5 Å². The summed E-state index contributed by atoms with van der Waals surface area (Å²) >= 11 is 0. The highest BCUT2D eigenvalue weighted by molar-refractivity contribution is 5.77. The second kappa shape index (κ2) is 7.53. The van der Waals surface area contributed by atoms with Crippen LogP contribution in [0.2, 0.25) is 0 Å². The zero-order chi connectivity index (χ0) is 18.9. The highest BCUT2D eigenvalue weighted by atomic mass is 16.4. The molecule has 0 N–H and O–H groups in total.